The normalized spacial score (nSPS) is 13.0. The summed E-state index contributed by atoms with van der Waals surface area (Å²) in [5.74, 6) is 1.23. The molecule has 6 nitrogen and oxygen atoms in total. The Hall–Kier alpha value is -1.58. The van der Waals surface area contributed by atoms with Crippen LogP contribution in [0, 0.1) is 6.92 Å². The van der Waals surface area contributed by atoms with Crippen molar-refractivity contribution < 1.29 is 18.3 Å². The fourth-order valence-electron chi connectivity index (χ4n) is 2.80. The van der Waals surface area contributed by atoms with Crippen LogP contribution in [0.15, 0.2) is 46.2 Å². The zero-order chi connectivity index (χ0) is 20.2. The minimum Gasteiger partial charge on any atom is -0.457 e. The van der Waals surface area contributed by atoms with Gasteiger partial charge in [0.15, 0.2) is 0 Å². The number of hydrogen-bond acceptors (Lipinski definition) is 6. The van der Waals surface area contributed by atoms with Gasteiger partial charge in [-0.1, -0.05) is 0 Å². The van der Waals surface area contributed by atoms with Crippen molar-refractivity contribution in [3.05, 3.63) is 47.5 Å². The third kappa shape index (κ3) is 6.22. The molecule has 0 radical (unpaired) electrons. The van der Waals surface area contributed by atoms with E-state index in [9.17, 15) is 13.5 Å². The molecule has 0 heterocycles. The summed E-state index contributed by atoms with van der Waals surface area (Å²) < 4.78 is 29.5. The van der Waals surface area contributed by atoms with E-state index in [1.807, 2.05) is 43.3 Å². The summed E-state index contributed by atoms with van der Waals surface area (Å²) in [6.45, 7) is 4.57. The van der Waals surface area contributed by atoms with E-state index in [4.69, 9.17) is 9.88 Å². The van der Waals surface area contributed by atoms with Crippen molar-refractivity contribution in [2.45, 2.75) is 36.3 Å². The van der Waals surface area contributed by atoms with Gasteiger partial charge < -0.3 is 9.84 Å². The summed E-state index contributed by atoms with van der Waals surface area (Å²) in [7, 11) is -1.97. The van der Waals surface area contributed by atoms with Gasteiger partial charge in [-0.05, 0) is 69.1 Å². The van der Waals surface area contributed by atoms with Gasteiger partial charge in [0.25, 0.3) is 0 Å². The predicted molar refractivity (Wildman–Crippen MR) is 109 cm³/mol. The molecule has 0 aromatic heterocycles. The molecular weight excluding hydrogens is 384 g/mol. The van der Waals surface area contributed by atoms with E-state index >= 15 is 0 Å². The number of ether oxygens (including phenoxy) is 1. The molecule has 0 saturated carbocycles. The topological polar surface area (TPSA) is 92.9 Å². The lowest BCUT2D eigenvalue weighted by Gasteiger charge is -2.21. The van der Waals surface area contributed by atoms with Crippen LogP contribution in [-0.4, -0.2) is 44.4 Å². The molecule has 0 aliphatic heterocycles. The van der Waals surface area contributed by atoms with Crippen LogP contribution in [0.2, 0.25) is 0 Å². The Morgan fingerprint density at radius 1 is 1.26 bits per heavy atom. The third-order valence-corrected chi connectivity index (χ3v) is 5.78. The number of aliphatic hydroxyl groups excluding tert-OH is 1. The Morgan fingerprint density at radius 2 is 1.96 bits per heavy atom. The van der Waals surface area contributed by atoms with Crippen molar-refractivity contribution in [1.82, 2.24) is 4.90 Å². The molecule has 27 heavy (non-hydrogen) atoms. The van der Waals surface area contributed by atoms with Gasteiger partial charge in [-0.15, -0.1) is 11.8 Å². The van der Waals surface area contributed by atoms with Gasteiger partial charge in [-0.2, -0.15) is 0 Å². The van der Waals surface area contributed by atoms with Crippen LogP contribution in [0.5, 0.6) is 11.5 Å². The number of primary sulfonamides is 1. The van der Waals surface area contributed by atoms with Crippen LogP contribution in [0.1, 0.15) is 18.1 Å². The first kappa shape index (κ1) is 21.7. The summed E-state index contributed by atoms with van der Waals surface area (Å²) >= 11 is 1.67. The number of nitrogens with zero attached hydrogens (tertiary/aromatic N) is 1. The average Bonchev–Trinajstić information content (AvgIpc) is 2.55. The predicted octanol–water partition coefficient (Wildman–Crippen LogP) is 2.97. The van der Waals surface area contributed by atoms with E-state index in [1.54, 1.807) is 24.8 Å². The van der Waals surface area contributed by atoms with E-state index in [-0.39, 0.29) is 4.90 Å². The molecular formula is C19H26N2O4S2. The number of thioether (sulfide) groups is 1. The van der Waals surface area contributed by atoms with Crippen molar-refractivity contribution in [3.8, 4) is 11.5 Å². The van der Waals surface area contributed by atoms with Crippen molar-refractivity contribution in [2.24, 2.45) is 5.14 Å². The maximum atomic E-state index is 11.7. The summed E-state index contributed by atoms with van der Waals surface area (Å²) in [6, 6.07) is 10.4. The highest BCUT2D eigenvalue weighted by atomic mass is 32.2. The van der Waals surface area contributed by atoms with Gasteiger partial charge in [-0.25, -0.2) is 13.6 Å². The zero-order valence-corrected chi connectivity index (χ0v) is 17.6. The van der Waals surface area contributed by atoms with Crippen molar-refractivity contribution >= 4 is 21.8 Å². The van der Waals surface area contributed by atoms with Crippen LogP contribution in [0.3, 0.4) is 0 Å². The van der Waals surface area contributed by atoms with Crippen molar-refractivity contribution in [2.75, 3.05) is 19.8 Å². The second-order valence-corrected chi connectivity index (χ2v) is 9.00. The number of sulfonamides is 1. The van der Waals surface area contributed by atoms with Crippen LogP contribution in [-0.2, 0) is 16.6 Å². The van der Waals surface area contributed by atoms with Gasteiger partial charge in [0, 0.05) is 23.5 Å². The Kier molecular flexibility index (Phi) is 7.30. The molecule has 1 atom stereocenters. The lowest BCUT2D eigenvalue weighted by Crippen LogP contribution is -2.27. The summed E-state index contributed by atoms with van der Waals surface area (Å²) in [4.78, 5) is 3.09. The number of aliphatic hydroxyl groups is 1. The lowest BCUT2D eigenvalue weighted by molar-refractivity contribution is 0.138. The molecule has 0 fully saturated rings. The first-order valence-electron chi connectivity index (χ1n) is 8.45. The maximum absolute atomic E-state index is 11.7. The maximum Gasteiger partial charge on any atom is 0.238 e. The number of likely N-dealkylation sites (N-methyl/N-ethyl adjacent to an activating group) is 1. The number of benzene rings is 2. The minimum atomic E-state index is -3.82. The molecule has 0 bridgehead atoms. The highest BCUT2D eigenvalue weighted by Crippen LogP contribution is 2.31. The van der Waals surface area contributed by atoms with Gasteiger partial charge in [-0.3, -0.25) is 4.90 Å². The molecule has 148 valence electrons. The van der Waals surface area contributed by atoms with Crippen LogP contribution in [0.25, 0.3) is 0 Å². The number of aryl methyl sites for hydroxylation is 1. The first-order chi connectivity index (χ1) is 12.6. The zero-order valence-electron chi connectivity index (χ0n) is 16.0. The molecule has 0 aliphatic rings. The number of rotatable bonds is 8. The smallest absolute Gasteiger partial charge is 0.238 e. The highest BCUT2D eigenvalue weighted by molar-refractivity contribution is 7.98. The van der Waals surface area contributed by atoms with E-state index in [1.165, 1.54) is 17.0 Å². The second kappa shape index (κ2) is 9.07. The van der Waals surface area contributed by atoms with Gasteiger partial charge >= 0.3 is 0 Å². The summed E-state index contributed by atoms with van der Waals surface area (Å²) in [6.07, 6.45) is 1.52. The lowest BCUT2D eigenvalue weighted by atomic mass is 10.1. The van der Waals surface area contributed by atoms with Crippen molar-refractivity contribution in [3.63, 3.8) is 0 Å². The second-order valence-electron chi connectivity index (χ2n) is 6.59. The molecule has 8 heteroatoms. The largest absolute Gasteiger partial charge is 0.457 e. The van der Waals surface area contributed by atoms with Gasteiger partial charge in [0.05, 0.1) is 11.0 Å². The quantitative estimate of drug-likeness (QED) is 0.650. The molecule has 3 N–H and O–H groups in total. The molecule has 0 amide bonds. The third-order valence-electron chi connectivity index (χ3n) is 3.97. The standard InChI is InChI=1S/C19H26N2O4S2/c1-13-9-16(5-8-19(13)26-4)25-18-7-6-17(27(20,23)24)10-15(18)12-21(3)11-14(2)22/h5-10,14,22H,11-12H2,1-4H3,(H2,20,23,24)/t14-/m0/s1. The number of hydrogen-bond donors (Lipinski definition) is 2. The van der Waals surface area contributed by atoms with E-state index in [0.29, 0.717) is 30.2 Å². The summed E-state index contributed by atoms with van der Waals surface area (Å²) in [5.41, 5.74) is 1.78. The molecule has 0 spiro atoms. The molecule has 0 unspecified atom stereocenters. The van der Waals surface area contributed by atoms with E-state index < -0.39 is 16.1 Å². The molecule has 0 aliphatic carbocycles. The Morgan fingerprint density at radius 3 is 2.52 bits per heavy atom. The highest BCUT2D eigenvalue weighted by Gasteiger charge is 2.15. The van der Waals surface area contributed by atoms with Crippen LogP contribution in [0.4, 0.5) is 0 Å². The Bertz CT molecular complexity index is 899. The Balaban J connectivity index is 2.37. The van der Waals surface area contributed by atoms with Crippen molar-refractivity contribution in [1.29, 1.82) is 0 Å². The van der Waals surface area contributed by atoms with Crippen LogP contribution < -0.4 is 9.88 Å². The SMILES string of the molecule is CSc1ccc(Oc2ccc(S(N)(=O)=O)cc2CN(C)C[C@H](C)O)cc1C. The summed E-state index contributed by atoms with van der Waals surface area (Å²) in [5, 5.41) is 14.8. The minimum absolute atomic E-state index is 0.0317. The number of nitrogens with two attached hydrogens (primary N) is 1. The average molecular weight is 411 g/mol. The molecule has 0 saturated heterocycles. The fraction of sp³-hybridized carbons (Fsp3) is 0.368. The first-order valence-corrected chi connectivity index (χ1v) is 11.2. The van der Waals surface area contributed by atoms with Crippen LogP contribution >= 0.6 is 11.8 Å². The fourth-order valence-corrected chi connectivity index (χ4v) is 3.95. The van der Waals surface area contributed by atoms with Gasteiger partial charge in [0.1, 0.15) is 11.5 Å². The molecule has 2 rings (SSSR count). The van der Waals surface area contributed by atoms with E-state index in [2.05, 4.69) is 0 Å². The monoisotopic (exact) mass is 410 g/mol. The van der Waals surface area contributed by atoms with Gasteiger partial charge in [0.2, 0.25) is 10.0 Å². The molecule has 2 aromatic rings. The molecule has 2 aromatic carbocycles. The van der Waals surface area contributed by atoms with E-state index in [0.717, 1.165) is 5.56 Å². The Labute approximate surface area is 165 Å².